The first-order chi connectivity index (χ1) is 9.97. The third-order valence-corrected chi connectivity index (χ3v) is 2.87. The molecule has 0 fully saturated rings. The summed E-state index contributed by atoms with van der Waals surface area (Å²) >= 11 is 0. The maximum atomic E-state index is 11.5. The molecular formula is C13H16N6O2. The van der Waals surface area contributed by atoms with E-state index < -0.39 is 11.5 Å². The van der Waals surface area contributed by atoms with Crippen molar-refractivity contribution in [2.75, 3.05) is 22.9 Å². The van der Waals surface area contributed by atoms with Gasteiger partial charge in [-0.05, 0) is 17.7 Å². The fraction of sp³-hybridized carbons (Fsp3) is 0.154. The molecule has 7 N–H and O–H groups in total. The zero-order valence-corrected chi connectivity index (χ0v) is 11.2. The minimum atomic E-state index is -0.549. The van der Waals surface area contributed by atoms with E-state index >= 15 is 0 Å². The standard InChI is InChI=1S/C13H16N6O2/c14-9-3-1-8(2-4-9)5-19(6-10(15)20)12-11(16)13(21)18-7-17-12/h1-4,7H,5-6,14,16H2,(H2,15,20)(H,17,18,21). The second-order valence-corrected chi connectivity index (χ2v) is 4.53. The van der Waals surface area contributed by atoms with Gasteiger partial charge in [0, 0.05) is 12.2 Å². The lowest BCUT2D eigenvalue weighted by molar-refractivity contribution is -0.116. The van der Waals surface area contributed by atoms with Crippen molar-refractivity contribution in [3.05, 3.63) is 46.5 Å². The van der Waals surface area contributed by atoms with Gasteiger partial charge in [0.1, 0.15) is 5.69 Å². The first kappa shape index (κ1) is 14.4. The molecule has 0 aliphatic carbocycles. The Bertz CT molecular complexity index is 695. The number of carbonyl (C=O) groups is 1. The molecule has 2 rings (SSSR count). The van der Waals surface area contributed by atoms with Crippen molar-refractivity contribution in [1.29, 1.82) is 0 Å². The average molecular weight is 288 g/mol. The van der Waals surface area contributed by atoms with Gasteiger partial charge in [0.05, 0.1) is 12.9 Å². The Morgan fingerprint density at radius 3 is 2.52 bits per heavy atom. The van der Waals surface area contributed by atoms with Crippen LogP contribution in [0.5, 0.6) is 0 Å². The fourth-order valence-electron chi connectivity index (χ4n) is 1.89. The van der Waals surface area contributed by atoms with E-state index in [4.69, 9.17) is 17.2 Å². The van der Waals surface area contributed by atoms with Gasteiger partial charge in [-0.2, -0.15) is 0 Å². The number of aromatic nitrogens is 2. The molecule has 8 nitrogen and oxygen atoms in total. The lowest BCUT2D eigenvalue weighted by atomic mass is 10.2. The summed E-state index contributed by atoms with van der Waals surface area (Å²) in [5, 5.41) is 0. The maximum Gasteiger partial charge on any atom is 0.276 e. The van der Waals surface area contributed by atoms with E-state index in [2.05, 4.69) is 9.97 Å². The Hall–Kier alpha value is -3.03. The Morgan fingerprint density at radius 2 is 1.90 bits per heavy atom. The summed E-state index contributed by atoms with van der Waals surface area (Å²) in [4.78, 5) is 30.7. The Kier molecular flexibility index (Phi) is 4.07. The van der Waals surface area contributed by atoms with Crippen LogP contribution in [0.25, 0.3) is 0 Å². The van der Waals surface area contributed by atoms with Crippen LogP contribution in [0.3, 0.4) is 0 Å². The van der Waals surface area contributed by atoms with Crippen LogP contribution in [0.15, 0.2) is 35.4 Å². The number of aromatic amines is 1. The molecule has 2 aromatic rings. The number of nitrogens with one attached hydrogen (secondary N) is 1. The van der Waals surface area contributed by atoms with E-state index in [-0.39, 0.29) is 18.1 Å². The van der Waals surface area contributed by atoms with E-state index in [1.54, 1.807) is 17.0 Å². The number of rotatable bonds is 5. The summed E-state index contributed by atoms with van der Waals surface area (Å²) in [6, 6.07) is 7.11. The number of nitrogen functional groups attached to an aromatic ring is 2. The monoisotopic (exact) mass is 288 g/mol. The Balaban J connectivity index is 2.34. The molecule has 0 spiro atoms. The molecule has 0 bridgehead atoms. The normalized spacial score (nSPS) is 10.3. The van der Waals surface area contributed by atoms with E-state index in [1.165, 1.54) is 6.33 Å². The van der Waals surface area contributed by atoms with Gasteiger partial charge < -0.3 is 27.1 Å². The fourth-order valence-corrected chi connectivity index (χ4v) is 1.89. The van der Waals surface area contributed by atoms with E-state index in [0.717, 1.165) is 5.56 Å². The largest absolute Gasteiger partial charge is 0.399 e. The molecule has 0 aliphatic heterocycles. The molecule has 0 unspecified atom stereocenters. The summed E-state index contributed by atoms with van der Waals surface area (Å²) in [7, 11) is 0. The van der Waals surface area contributed by atoms with Crippen LogP contribution in [-0.2, 0) is 11.3 Å². The van der Waals surface area contributed by atoms with Crippen LogP contribution < -0.4 is 27.7 Å². The lowest BCUT2D eigenvalue weighted by Crippen LogP contribution is -2.35. The number of nitrogens with two attached hydrogens (primary N) is 3. The van der Waals surface area contributed by atoms with Crippen molar-refractivity contribution >= 4 is 23.1 Å². The molecule has 1 amide bonds. The first-order valence-corrected chi connectivity index (χ1v) is 6.18. The average Bonchev–Trinajstić information content (AvgIpc) is 2.43. The molecule has 8 heteroatoms. The number of H-pyrrole nitrogens is 1. The highest BCUT2D eigenvalue weighted by Crippen LogP contribution is 2.18. The second kappa shape index (κ2) is 5.95. The topological polar surface area (TPSA) is 144 Å². The van der Waals surface area contributed by atoms with Crippen molar-refractivity contribution in [1.82, 2.24) is 9.97 Å². The van der Waals surface area contributed by atoms with Crippen LogP contribution in [0.1, 0.15) is 5.56 Å². The lowest BCUT2D eigenvalue weighted by Gasteiger charge is -2.23. The number of benzene rings is 1. The van der Waals surface area contributed by atoms with Crippen LogP contribution in [0.4, 0.5) is 17.2 Å². The Labute approximate surface area is 120 Å². The summed E-state index contributed by atoms with van der Waals surface area (Å²) in [6.07, 6.45) is 1.23. The molecule has 0 atom stereocenters. The third-order valence-electron chi connectivity index (χ3n) is 2.87. The van der Waals surface area contributed by atoms with Crippen LogP contribution >= 0.6 is 0 Å². The number of hydrogen-bond acceptors (Lipinski definition) is 6. The highest BCUT2D eigenvalue weighted by Gasteiger charge is 2.16. The molecule has 110 valence electrons. The van der Waals surface area contributed by atoms with Crippen molar-refractivity contribution in [2.24, 2.45) is 5.73 Å². The number of primary amides is 1. The molecule has 1 aromatic heterocycles. The quantitative estimate of drug-likeness (QED) is 0.542. The van der Waals surface area contributed by atoms with Gasteiger partial charge in [-0.25, -0.2) is 4.98 Å². The predicted molar refractivity (Wildman–Crippen MR) is 80.4 cm³/mol. The second-order valence-electron chi connectivity index (χ2n) is 4.53. The van der Waals surface area contributed by atoms with Gasteiger partial charge in [-0.3, -0.25) is 9.59 Å². The van der Waals surface area contributed by atoms with Gasteiger partial charge in [-0.1, -0.05) is 12.1 Å². The Morgan fingerprint density at radius 1 is 1.24 bits per heavy atom. The van der Waals surface area contributed by atoms with Gasteiger partial charge in [0.25, 0.3) is 5.56 Å². The zero-order valence-electron chi connectivity index (χ0n) is 11.2. The first-order valence-electron chi connectivity index (χ1n) is 6.18. The number of nitrogens with zero attached hydrogens (tertiary/aromatic N) is 2. The van der Waals surface area contributed by atoms with Crippen molar-refractivity contribution in [3.8, 4) is 0 Å². The smallest absolute Gasteiger partial charge is 0.276 e. The highest BCUT2D eigenvalue weighted by atomic mass is 16.1. The van der Waals surface area contributed by atoms with Gasteiger partial charge >= 0.3 is 0 Å². The van der Waals surface area contributed by atoms with Crippen LogP contribution in [0, 0.1) is 0 Å². The van der Waals surface area contributed by atoms with E-state index in [9.17, 15) is 9.59 Å². The molecular weight excluding hydrogens is 272 g/mol. The SMILES string of the molecule is NC(=O)CN(Cc1ccc(N)cc1)c1nc[nH]c(=O)c1N. The number of amides is 1. The minimum absolute atomic E-state index is 0.0609. The van der Waals surface area contributed by atoms with Crippen molar-refractivity contribution < 1.29 is 4.79 Å². The molecule has 0 saturated carbocycles. The van der Waals surface area contributed by atoms with Gasteiger partial charge in [0.15, 0.2) is 5.82 Å². The molecule has 21 heavy (non-hydrogen) atoms. The van der Waals surface area contributed by atoms with Crippen molar-refractivity contribution in [3.63, 3.8) is 0 Å². The summed E-state index contributed by atoms with van der Waals surface area (Å²) in [5.41, 5.74) is 17.6. The summed E-state index contributed by atoms with van der Waals surface area (Å²) < 4.78 is 0. The molecule has 1 heterocycles. The number of anilines is 3. The predicted octanol–water partition coefficient (Wildman–Crippen LogP) is -0.574. The number of hydrogen-bond donors (Lipinski definition) is 4. The maximum absolute atomic E-state index is 11.5. The molecule has 0 aliphatic rings. The van der Waals surface area contributed by atoms with Gasteiger partial charge in [0.2, 0.25) is 5.91 Å². The third kappa shape index (κ3) is 3.50. The van der Waals surface area contributed by atoms with E-state index in [0.29, 0.717) is 12.2 Å². The highest BCUT2D eigenvalue weighted by molar-refractivity contribution is 5.80. The molecule has 1 aromatic carbocycles. The summed E-state index contributed by atoms with van der Waals surface area (Å²) in [5.74, 6) is -0.332. The van der Waals surface area contributed by atoms with Crippen LogP contribution in [-0.4, -0.2) is 22.4 Å². The summed E-state index contributed by atoms with van der Waals surface area (Å²) in [6.45, 7) is 0.217. The van der Waals surface area contributed by atoms with E-state index in [1.807, 2.05) is 12.1 Å². The zero-order chi connectivity index (χ0) is 15.4. The van der Waals surface area contributed by atoms with Crippen LogP contribution in [0.2, 0.25) is 0 Å². The number of carbonyl (C=O) groups excluding carboxylic acids is 1. The minimum Gasteiger partial charge on any atom is -0.399 e. The van der Waals surface area contributed by atoms with Crippen molar-refractivity contribution in [2.45, 2.75) is 6.54 Å². The molecule has 0 saturated heterocycles. The molecule has 0 radical (unpaired) electrons. The van der Waals surface area contributed by atoms with Gasteiger partial charge in [-0.15, -0.1) is 0 Å².